The molecule has 1 unspecified atom stereocenters. The molecule has 0 aromatic carbocycles. The summed E-state index contributed by atoms with van der Waals surface area (Å²) in [5, 5.41) is 3.13. The minimum Gasteiger partial charge on any atom is -0.379 e. The Morgan fingerprint density at radius 2 is 1.25 bits per heavy atom. The number of hydrogen-bond acceptors (Lipinski definition) is 3. The SMILES string of the molecule is CC(C)CCCCCCCCCCCCCCC(=O)NC(C)N1CCOCC1. The van der Waals surface area contributed by atoms with Crippen molar-refractivity contribution in [2.24, 2.45) is 5.92 Å². The van der Waals surface area contributed by atoms with Crippen LogP contribution >= 0.6 is 0 Å². The fraction of sp³-hybridized carbons (Fsp3) is 0.958. The zero-order valence-electron chi connectivity index (χ0n) is 19.1. The van der Waals surface area contributed by atoms with Crippen molar-refractivity contribution in [3.63, 3.8) is 0 Å². The molecule has 0 bridgehead atoms. The molecule has 1 heterocycles. The highest BCUT2D eigenvalue weighted by Crippen LogP contribution is 2.14. The minimum atomic E-state index is 0.131. The van der Waals surface area contributed by atoms with Crippen LogP contribution in [0.15, 0.2) is 0 Å². The van der Waals surface area contributed by atoms with Crippen LogP contribution < -0.4 is 5.32 Å². The van der Waals surface area contributed by atoms with Gasteiger partial charge in [0.05, 0.1) is 19.4 Å². The highest BCUT2D eigenvalue weighted by molar-refractivity contribution is 5.76. The van der Waals surface area contributed by atoms with Crippen molar-refractivity contribution >= 4 is 5.91 Å². The smallest absolute Gasteiger partial charge is 0.221 e. The van der Waals surface area contributed by atoms with Gasteiger partial charge in [0.15, 0.2) is 0 Å². The first-order valence-corrected chi connectivity index (χ1v) is 12.2. The van der Waals surface area contributed by atoms with Crippen LogP contribution in [0.4, 0.5) is 0 Å². The Bertz CT molecular complexity index is 368. The molecule has 166 valence electrons. The molecule has 1 N–H and O–H groups in total. The highest BCUT2D eigenvalue weighted by Gasteiger charge is 2.18. The van der Waals surface area contributed by atoms with E-state index in [1.165, 1.54) is 77.0 Å². The van der Waals surface area contributed by atoms with Crippen molar-refractivity contribution in [1.29, 1.82) is 0 Å². The Hall–Kier alpha value is -0.610. The predicted octanol–water partition coefficient (Wildman–Crippen LogP) is 5.90. The zero-order chi connectivity index (χ0) is 20.5. The minimum absolute atomic E-state index is 0.131. The number of carbonyl (C=O) groups is 1. The molecule has 1 atom stereocenters. The number of morpholine rings is 1. The number of hydrogen-bond donors (Lipinski definition) is 1. The van der Waals surface area contributed by atoms with Crippen molar-refractivity contribution in [2.75, 3.05) is 26.3 Å². The maximum atomic E-state index is 12.1. The normalized spacial score (nSPS) is 16.4. The van der Waals surface area contributed by atoms with Crippen LogP contribution in [-0.2, 0) is 9.53 Å². The summed E-state index contributed by atoms with van der Waals surface area (Å²) in [6, 6.07) is 0. The lowest BCUT2D eigenvalue weighted by Gasteiger charge is -2.32. The highest BCUT2D eigenvalue weighted by atomic mass is 16.5. The van der Waals surface area contributed by atoms with Gasteiger partial charge in [0, 0.05) is 19.5 Å². The Balaban J connectivity index is 1.80. The van der Waals surface area contributed by atoms with Gasteiger partial charge in [-0.05, 0) is 19.3 Å². The molecule has 1 saturated heterocycles. The Morgan fingerprint density at radius 1 is 0.786 bits per heavy atom. The molecule has 0 spiro atoms. The second-order valence-corrected chi connectivity index (χ2v) is 9.07. The van der Waals surface area contributed by atoms with Gasteiger partial charge in [0.2, 0.25) is 5.91 Å². The average Bonchev–Trinajstić information content (AvgIpc) is 2.68. The number of ether oxygens (including phenoxy) is 1. The maximum Gasteiger partial charge on any atom is 0.221 e. The third-order valence-corrected chi connectivity index (χ3v) is 5.90. The van der Waals surface area contributed by atoms with E-state index in [-0.39, 0.29) is 12.1 Å². The third-order valence-electron chi connectivity index (χ3n) is 5.90. The number of unbranched alkanes of at least 4 members (excludes halogenated alkanes) is 11. The molecule has 4 heteroatoms. The summed E-state index contributed by atoms with van der Waals surface area (Å²) < 4.78 is 5.36. The topological polar surface area (TPSA) is 41.6 Å². The molecule has 4 nitrogen and oxygen atoms in total. The first-order valence-electron chi connectivity index (χ1n) is 12.2. The lowest BCUT2D eigenvalue weighted by atomic mass is 10.0. The van der Waals surface area contributed by atoms with E-state index in [2.05, 4.69) is 31.0 Å². The van der Waals surface area contributed by atoms with E-state index in [0.29, 0.717) is 6.42 Å². The van der Waals surface area contributed by atoms with E-state index < -0.39 is 0 Å². The van der Waals surface area contributed by atoms with Crippen LogP contribution in [0.3, 0.4) is 0 Å². The summed E-state index contributed by atoms with van der Waals surface area (Å²) in [5.74, 6) is 1.07. The third kappa shape index (κ3) is 14.4. The number of nitrogens with one attached hydrogen (secondary N) is 1. The molecular formula is C24H48N2O2. The molecule has 1 aliphatic rings. The zero-order valence-corrected chi connectivity index (χ0v) is 19.1. The van der Waals surface area contributed by atoms with E-state index in [1.807, 2.05) is 0 Å². The van der Waals surface area contributed by atoms with Crippen LogP contribution in [0.25, 0.3) is 0 Å². The van der Waals surface area contributed by atoms with E-state index >= 15 is 0 Å². The van der Waals surface area contributed by atoms with Gasteiger partial charge in [-0.2, -0.15) is 0 Å². The van der Waals surface area contributed by atoms with Crippen molar-refractivity contribution in [3.8, 4) is 0 Å². The standard InChI is InChI=1S/C24H48N2O2/c1-22(2)16-14-12-10-8-6-4-5-7-9-11-13-15-17-24(27)25-23(3)26-18-20-28-21-19-26/h22-23H,4-21H2,1-3H3,(H,25,27). The van der Waals surface area contributed by atoms with Crippen molar-refractivity contribution in [2.45, 2.75) is 117 Å². The van der Waals surface area contributed by atoms with Gasteiger partial charge in [-0.1, -0.05) is 90.9 Å². The summed E-state index contributed by atoms with van der Waals surface area (Å²) in [6.45, 7) is 10.1. The van der Waals surface area contributed by atoms with E-state index in [1.54, 1.807) is 0 Å². The summed E-state index contributed by atoms with van der Waals surface area (Å²) in [6.07, 6.45) is 18.3. The summed E-state index contributed by atoms with van der Waals surface area (Å²) in [4.78, 5) is 14.3. The van der Waals surface area contributed by atoms with Gasteiger partial charge < -0.3 is 10.1 Å². The monoisotopic (exact) mass is 396 g/mol. The summed E-state index contributed by atoms with van der Waals surface area (Å²) in [5.41, 5.74) is 0. The Morgan fingerprint density at radius 3 is 1.75 bits per heavy atom. The molecule has 0 aliphatic carbocycles. The van der Waals surface area contributed by atoms with E-state index in [4.69, 9.17) is 4.74 Å². The summed E-state index contributed by atoms with van der Waals surface area (Å²) >= 11 is 0. The largest absolute Gasteiger partial charge is 0.379 e. The number of amides is 1. The lowest BCUT2D eigenvalue weighted by molar-refractivity contribution is -0.123. The van der Waals surface area contributed by atoms with Crippen molar-refractivity contribution in [1.82, 2.24) is 10.2 Å². The number of carbonyl (C=O) groups excluding carboxylic acids is 1. The first-order chi connectivity index (χ1) is 13.6. The molecule has 1 aliphatic heterocycles. The predicted molar refractivity (Wildman–Crippen MR) is 119 cm³/mol. The average molecular weight is 397 g/mol. The molecule has 1 fully saturated rings. The fourth-order valence-corrected chi connectivity index (χ4v) is 3.97. The molecule has 0 aromatic heterocycles. The molecule has 0 aromatic rings. The van der Waals surface area contributed by atoms with Gasteiger partial charge in [-0.25, -0.2) is 0 Å². The first kappa shape index (κ1) is 25.4. The van der Waals surface area contributed by atoms with Gasteiger partial charge in [-0.15, -0.1) is 0 Å². The van der Waals surface area contributed by atoms with E-state index in [9.17, 15) is 4.79 Å². The van der Waals surface area contributed by atoms with Gasteiger partial charge in [0.1, 0.15) is 0 Å². The second kappa shape index (κ2) is 17.3. The van der Waals surface area contributed by atoms with Gasteiger partial charge in [-0.3, -0.25) is 9.69 Å². The molecule has 1 rings (SSSR count). The molecular weight excluding hydrogens is 348 g/mol. The fourth-order valence-electron chi connectivity index (χ4n) is 3.97. The van der Waals surface area contributed by atoms with Crippen LogP contribution in [0.1, 0.15) is 111 Å². The molecule has 28 heavy (non-hydrogen) atoms. The van der Waals surface area contributed by atoms with Crippen LogP contribution in [0.5, 0.6) is 0 Å². The van der Waals surface area contributed by atoms with Crippen molar-refractivity contribution < 1.29 is 9.53 Å². The molecule has 0 radical (unpaired) electrons. The lowest BCUT2D eigenvalue weighted by Crippen LogP contribution is -2.50. The van der Waals surface area contributed by atoms with Crippen LogP contribution in [-0.4, -0.2) is 43.3 Å². The van der Waals surface area contributed by atoms with Crippen molar-refractivity contribution in [3.05, 3.63) is 0 Å². The second-order valence-electron chi connectivity index (χ2n) is 9.07. The maximum absolute atomic E-state index is 12.1. The number of nitrogens with zero attached hydrogens (tertiary/aromatic N) is 1. The van der Waals surface area contributed by atoms with E-state index in [0.717, 1.165) is 38.6 Å². The summed E-state index contributed by atoms with van der Waals surface area (Å²) in [7, 11) is 0. The van der Waals surface area contributed by atoms with Gasteiger partial charge in [0.25, 0.3) is 0 Å². The Labute approximate surface area is 175 Å². The van der Waals surface area contributed by atoms with Crippen LogP contribution in [0, 0.1) is 5.92 Å². The Kier molecular flexibility index (Phi) is 15.7. The quantitative estimate of drug-likeness (QED) is 0.311. The molecule has 1 amide bonds. The van der Waals surface area contributed by atoms with Gasteiger partial charge >= 0.3 is 0 Å². The molecule has 0 saturated carbocycles. The number of rotatable bonds is 17. The van der Waals surface area contributed by atoms with Crippen LogP contribution in [0.2, 0.25) is 0 Å².